The largest absolute Gasteiger partial charge is 0.321 e. The van der Waals surface area contributed by atoms with Gasteiger partial charge < -0.3 is 5.73 Å². The first-order chi connectivity index (χ1) is 4.89. The minimum Gasteiger partial charge on any atom is -0.321 e. The molecule has 0 saturated heterocycles. The molecule has 0 aliphatic rings. The topological polar surface area (TPSA) is 43.1 Å². The van der Waals surface area contributed by atoms with Crippen molar-refractivity contribution in [3.05, 3.63) is 0 Å². The molecule has 2 heteroatoms. The highest BCUT2D eigenvalue weighted by molar-refractivity contribution is 5.88. The van der Waals surface area contributed by atoms with Gasteiger partial charge in [0, 0.05) is 5.41 Å². The van der Waals surface area contributed by atoms with E-state index in [1.165, 1.54) is 0 Å². The molecule has 1 atom stereocenters. The quantitative estimate of drug-likeness (QED) is 0.678. The summed E-state index contributed by atoms with van der Waals surface area (Å²) in [6.07, 6.45) is 1.78. The van der Waals surface area contributed by atoms with Crippen LogP contribution in [0.1, 0.15) is 40.5 Å². The third-order valence-electron chi connectivity index (χ3n) is 1.68. The van der Waals surface area contributed by atoms with Crippen LogP contribution in [0.5, 0.6) is 0 Å². The summed E-state index contributed by atoms with van der Waals surface area (Å²) in [6.45, 7) is 7.76. The Morgan fingerprint density at radius 2 is 1.91 bits per heavy atom. The molecule has 0 bridgehead atoms. The summed E-state index contributed by atoms with van der Waals surface area (Å²) in [7, 11) is 0. The molecule has 0 rings (SSSR count). The van der Waals surface area contributed by atoms with Crippen LogP contribution in [0.15, 0.2) is 0 Å². The van der Waals surface area contributed by atoms with E-state index in [1.807, 2.05) is 27.7 Å². The highest BCUT2D eigenvalue weighted by atomic mass is 16.1. The Labute approximate surface area is 69.2 Å². The van der Waals surface area contributed by atoms with E-state index in [2.05, 4.69) is 0 Å². The Hall–Kier alpha value is -0.370. The van der Waals surface area contributed by atoms with Crippen LogP contribution in [-0.2, 0) is 4.79 Å². The maximum atomic E-state index is 11.4. The molecule has 66 valence electrons. The molecule has 0 aliphatic carbocycles. The van der Waals surface area contributed by atoms with Gasteiger partial charge in [0.15, 0.2) is 5.78 Å². The molecule has 0 spiro atoms. The van der Waals surface area contributed by atoms with Gasteiger partial charge >= 0.3 is 0 Å². The summed E-state index contributed by atoms with van der Waals surface area (Å²) in [4.78, 5) is 11.4. The van der Waals surface area contributed by atoms with Crippen LogP contribution in [0.2, 0.25) is 0 Å². The van der Waals surface area contributed by atoms with E-state index in [0.717, 1.165) is 12.8 Å². The van der Waals surface area contributed by atoms with E-state index in [-0.39, 0.29) is 17.2 Å². The van der Waals surface area contributed by atoms with Crippen LogP contribution in [0.3, 0.4) is 0 Å². The van der Waals surface area contributed by atoms with Gasteiger partial charge in [0.25, 0.3) is 0 Å². The Balaban J connectivity index is 4.03. The van der Waals surface area contributed by atoms with E-state index in [0.29, 0.717) is 0 Å². The van der Waals surface area contributed by atoms with Crippen molar-refractivity contribution in [2.75, 3.05) is 0 Å². The predicted octanol–water partition coefficient (Wildman–Crippen LogP) is 1.73. The number of Topliss-reactive ketones (excluding diaryl/α,β-unsaturated/α-hetero) is 1. The molecular weight excluding hydrogens is 138 g/mol. The summed E-state index contributed by atoms with van der Waals surface area (Å²) in [6, 6.07) is -0.264. The molecule has 11 heavy (non-hydrogen) atoms. The molecule has 1 unspecified atom stereocenters. The lowest BCUT2D eigenvalue weighted by Gasteiger charge is -2.21. The summed E-state index contributed by atoms with van der Waals surface area (Å²) < 4.78 is 0. The minimum absolute atomic E-state index is 0.166. The van der Waals surface area contributed by atoms with Crippen LogP contribution >= 0.6 is 0 Å². The van der Waals surface area contributed by atoms with Crippen molar-refractivity contribution in [1.82, 2.24) is 0 Å². The van der Waals surface area contributed by atoms with Crippen LogP contribution in [0.4, 0.5) is 0 Å². The molecule has 0 aromatic carbocycles. The SMILES string of the molecule is CCCC(N)C(=O)C(C)(C)C. The number of carbonyl (C=O) groups is 1. The van der Waals surface area contributed by atoms with Gasteiger partial charge in [-0.15, -0.1) is 0 Å². The van der Waals surface area contributed by atoms with Gasteiger partial charge in [0.2, 0.25) is 0 Å². The molecular formula is C9H19NO. The van der Waals surface area contributed by atoms with Crippen LogP contribution in [-0.4, -0.2) is 11.8 Å². The van der Waals surface area contributed by atoms with E-state index in [1.54, 1.807) is 0 Å². The van der Waals surface area contributed by atoms with Crippen molar-refractivity contribution >= 4 is 5.78 Å². The Morgan fingerprint density at radius 1 is 1.45 bits per heavy atom. The lowest BCUT2D eigenvalue weighted by atomic mass is 9.85. The van der Waals surface area contributed by atoms with E-state index in [9.17, 15) is 4.79 Å². The molecule has 0 saturated carbocycles. The van der Waals surface area contributed by atoms with E-state index in [4.69, 9.17) is 5.73 Å². The highest BCUT2D eigenvalue weighted by Crippen LogP contribution is 2.17. The van der Waals surface area contributed by atoms with Crippen LogP contribution in [0, 0.1) is 5.41 Å². The highest BCUT2D eigenvalue weighted by Gasteiger charge is 2.25. The molecule has 0 fully saturated rings. The van der Waals surface area contributed by atoms with E-state index < -0.39 is 0 Å². The monoisotopic (exact) mass is 157 g/mol. The van der Waals surface area contributed by atoms with Crippen molar-refractivity contribution in [3.8, 4) is 0 Å². The molecule has 0 aliphatic heterocycles. The first-order valence-corrected chi connectivity index (χ1v) is 4.19. The summed E-state index contributed by atoms with van der Waals surface area (Å²) in [5.41, 5.74) is 5.38. The standard InChI is InChI=1S/C9H19NO/c1-5-6-7(10)8(11)9(2,3)4/h7H,5-6,10H2,1-4H3. The van der Waals surface area contributed by atoms with Gasteiger partial charge in [-0.2, -0.15) is 0 Å². The predicted molar refractivity (Wildman–Crippen MR) is 47.3 cm³/mol. The second kappa shape index (κ2) is 3.86. The van der Waals surface area contributed by atoms with Gasteiger partial charge in [-0.3, -0.25) is 4.79 Å². The van der Waals surface area contributed by atoms with Crippen LogP contribution < -0.4 is 5.73 Å². The second-order valence-corrected chi connectivity index (χ2v) is 4.01. The third-order valence-corrected chi connectivity index (χ3v) is 1.68. The maximum absolute atomic E-state index is 11.4. The van der Waals surface area contributed by atoms with Crippen molar-refractivity contribution in [3.63, 3.8) is 0 Å². The number of hydrogen-bond donors (Lipinski definition) is 1. The average molecular weight is 157 g/mol. The average Bonchev–Trinajstić information content (AvgIpc) is 1.85. The summed E-state index contributed by atoms with van der Waals surface area (Å²) in [5.74, 6) is 0.166. The fourth-order valence-electron chi connectivity index (χ4n) is 0.998. The number of carbonyl (C=O) groups excluding carboxylic acids is 1. The lowest BCUT2D eigenvalue weighted by Crippen LogP contribution is -2.38. The molecule has 0 heterocycles. The first kappa shape index (κ1) is 10.6. The van der Waals surface area contributed by atoms with Gasteiger partial charge in [-0.05, 0) is 6.42 Å². The lowest BCUT2D eigenvalue weighted by molar-refractivity contribution is -0.127. The Morgan fingerprint density at radius 3 is 2.18 bits per heavy atom. The van der Waals surface area contributed by atoms with Crippen molar-refractivity contribution < 1.29 is 4.79 Å². The summed E-state index contributed by atoms with van der Waals surface area (Å²) in [5, 5.41) is 0. The number of rotatable bonds is 3. The molecule has 2 nitrogen and oxygen atoms in total. The zero-order valence-corrected chi connectivity index (χ0v) is 7.98. The number of ketones is 1. The molecule has 0 radical (unpaired) electrons. The van der Waals surface area contributed by atoms with Crippen molar-refractivity contribution in [1.29, 1.82) is 0 Å². The zero-order chi connectivity index (χ0) is 9.07. The Kier molecular flexibility index (Phi) is 3.73. The van der Waals surface area contributed by atoms with Gasteiger partial charge in [-0.25, -0.2) is 0 Å². The summed E-state index contributed by atoms with van der Waals surface area (Å²) >= 11 is 0. The second-order valence-electron chi connectivity index (χ2n) is 4.01. The van der Waals surface area contributed by atoms with Gasteiger partial charge in [-0.1, -0.05) is 34.1 Å². The number of hydrogen-bond acceptors (Lipinski definition) is 2. The maximum Gasteiger partial charge on any atom is 0.154 e. The minimum atomic E-state index is -0.283. The van der Waals surface area contributed by atoms with Crippen LogP contribution in [0.25, 0.3) is 0 Å². The normalized spacial score (nSPS) is 14.6. The first-order valence-electron chi connectivity index (χ1n) is 4.19. The number of nitrogens with two attached hydrogens (primary N) is 1. The van der Waals surface area contributed by atoms with Gasteiger partial charge in [0.1, 0.15) is 0 Å². The zero-order valence-electron chi connectivity index (χ0n) is 7.98. The van der Waals surface area contributed by atoms with Crippen molar-refractivity contribution in [2.45, 2.75) is 46.6 Å². The fraction of sp³-hybridized carbons (Fsp3) is 0.889. The van der Waals surface area contributed by atoms with E-state index >= 15 is 0 Å². The molecule has 0 amide bonds. The van der Waals surface area contributed by atoms with Gasteiger partial charge in [0.05, 0.1) is 6.04 Å². The van der Waals surface area contributed by atoms with Crippen molar-refractivity contribution in [2.24, 2.45) is 11.1 Å². The fourth-order valence-corrected chi connectivity index (χ4v) is 0.998. The molecule has 0 aromatic heterocycles. The molecule has 2 N–H and O–H groups in total. The third kappa shape index (κ3) is 3.51. The molecule has 0 aromatic rings. The Bertz CT molecular complexity index is 135. The smallest absolute Gasteiger partial charge is 0.154 e.